The zero-order valence-corrected chi connectivity index (χ0v) is 18.3. The van der Waals surface area contributed by atoms with Gasteiger partial charge in [-0.3, -0.25) is 4.79 Å². The third kappa shape index (κ3) is 4.72. The molecule has 0 radical (unpaired) electrons. The first kappa shape index (κ1) is 21.7. The minimum atomic E-state index is -0.466. The molecule has 1 aliphatic heterocycles. The Morgan fingerprint density at radius 3 is 2.31 bits per heavy atom. The summed E-state index contributed by atoms with van der Waals surface area (Å²) in [6.45, 7) is 1.98. The molecule has 1 aliphatic carbocycles. The van der Waals surface area contributed by atoms with Gasteiger partial charge in [0, 0.05) is 12.5 Å². The smallest absolute Gasteiger partial charge is 0.338 e. The summed E-state index contributed by atoms with van der Waals surface area (Å²) in [4.78, 5) is 25.6. The van der Waals surface area contributed by atoms with Gasteiger partial charge >= 0.3 is 5.97 Å². The predicted octanol–water partition coefficient (Wildman–Crippen LogP) is 4.23. The van der Waals surface area contributed by atoms with Gasteiger partial charge in [-0.2, -0.15) is 0 Å². The van der Waals surface area contributed by atoms with E-state index in [4.69, 9.17) is 23.7 Å². The van der Waals surface area contributed by atoms with E-state index in [-0.39, 0.29) is 29.7 Å². The molecule has 0 N–H and O–H groups in total. The molecule has 7 heteroatoms. The number of fused-ring (bicyclic) bond motifs is 1. The average Bonchev–Trinajstić information content (AvgIpc) is 2.81. The second-order valence-electron chi connectivity index (χ2n) is 7.98. The lowest BCUT2D eigenvalue weighted by molar-refractivity contribution is -0.132. The van der Waals surface area contributed by atoms with Crippen molar-refractivity contribution in [2.24, 2.45) is 5.92 Å². The van der Waals surface area contributed by atoms with Crippen molar-refractivity contribution >= 4 is 11.8 Å². The van der Waals surface area contributed by atoms with Crippen molar-refractivity contribution in [2.45, 2.75) is 38.4 Å². The Bertz CT molecular complexity index is 1000. The Morgan fingerprint density at radius 2 is 1.66 bits per heavy atom. The first-order chi connectivity index (χ1) is 15.5. The molecular formula is C25H26O7. The Balaban J connectivity index is 1.39. The van der Waals surface area contributed by atoms with Crippen molar-refractivity contribution in [1.29, 1.82) is 0 Å². The third-order valence-electron chi connectivity index (χ3n) is 5.78. The number of methoxy groups -OCH3 is 2. The summed E-state index contributed by atoms with van der Waals surface area (Å²) in [7, 11) is 3.04. The van der Waals surface area contributed by atoms with Crippen LogP contribution in [0.3, 0.4) is 0 Å². The minimum absolute atomic E-state index is 0.0795. The lowest BCUT2D eigenvalue weighted by Crippen LogP contribution is -2.43. The van der Waals surface area contributed by atoms with Crippen LogP contribution in [-0.4, -0.2) is 38.2 Å². The highest BCUT2D eigenvalue weighted by atomic mass is 16.6. The van der Waals surface area contributed by atoms with Gasteiger partial charge in [0.2, 0.25) is 11.5 Å². The van der Waals surface area contributed by atoms with Crippen molar-refractivity contribution in [3.05, 3.63) is 65.6 Å². The van der Waals surface area contributed by atoms with Crippen LogP contribution in [0.4, 0.5) is 0 Å². The maximum absolute atomic E-state index is 12.9. The number of esters is 1. The lowest BCUT2D eigenvalue weighted by Gasteiger charge is -2.36. The van der Waals surface area contributed by atoms with Crippen LogP contribution >= 0.6 is 0 Å². The fourth-order valence-corrected chi connectivity index (χ4v) is 3.99. The fraction of sp³-hybridized carbons (Fsp3) is 0.360. The molecule has 2 aromatic carbocycles. The van der Waals surface area contributed by atoms with E-state index in [1.54, 1.807) is 18.2 Å². The van der Waals surface area contributed by atoms with Gasteiger partial charge < -0.3 is 23.7 Å². The molecule has 0 spiro atoms. The zero-order valence-electron chi connectivity index (χ0n) is 18.3. The SMILES string of the molecule is COc1cc(OC)cc(C(=O)OC2CCC3C(=O)C(Oc4ccc(C)cc4)=COC3C2)c1. The number of ketones is 1. The van der Waals surface area contributed by atoms with Gasteiger partial charge in [-0.05, 0) is 44.0 Å². The van der Waals surface area contributed by atoms with E-state index in [0.29, 0.717) is 42.1 Å². The van der Waals surface area contributed by atoms with E-state index in [1.165, 1.54) is 20.5 Å². The highest BCUT2D eigenvalue weighted by molar-refractivity contribution is 5.96. The van der Waals surface area contributed by atoms with Crippen LogP contribution in [0.25, 0.3) is 0 Å². The molecule has 32 heavy (non-hydrogen) atoms. The standard InChI is InChI=1S/C25H26O7/c1-15-4-6-17(7-5-15)31-23-14-30-22-13-18(8-9-21(22)24(23)26)32-25(27)16-10-19(28-2)12-20(11-16)29-3/h4-7,10-12,14,18,21-22H,8-9,13H2,1-3H3. The Labute approximate surface area is 186 Å². The number of allylic oxidation sites excluding steroid dienone is 1. The molecule has 4 rings (SSSR count). The second kappa shape index (κ2) is 9.34. The largest absolute Gasteiger partial charge is 0.497 e. The van der Waals surface area contributed by atoms with E-state index >= 15 is 0 Å². The summed E-state index contributed by atoms with van der Waals surface area (Å²) in [6.07, 6.45) is 2.25. The number of carbonyl (C=O) groups is 2. The molecule has 7 nitrogen and oxygen atoms in total. The van der Waals surface area contributed by atoms with E-state index < -0.39 is 5.97 Å². The van der Waals surface area contributed by atoms with Crippen molar-refractivity contribution in [3.8, 4) is 17.2 Å². The van der Waals surface area contributed by atoms with Crippen LogP contribution in [0.5, 0.6) is 17.2 Å². The van der Waals surface area contributed by atoms with Gasteiger partial charge in [-0.15, -0.1) is 0 Å². The summed E-state index contributed by atoms with van der Waals surface area (Å²) in [5.74, 6) is 0.950. The molecule has 168 valence electrons. The zero-order chi connectivity index (χ0) is 22.7. The van der Waals surface area contributed by atoms with Gasteiger partial charge in [-0.25, -0.2) is 4.79 Å². The number of ether oxygens (including phenoxy) is 5. The summed E-state index contributed by atoms with van der Waals surface area (Å²) in [5, 5.41) is 0. The van der Waals surface area contributed by atoms with Gasteiger partial charge in [0.05, 0.1) is 25.7 Å². The summed E-state index contributed by atoms with van der Waals surface area (Å²) in [5.41, 5.74) is 1.45. The number of hydrogen-bond donors (Lipinski definition) is 0. The molecule has 3 unspecified atom stereocenters. The second-order valence-corrected chi connectivity index (χ2v) is 7.98. The Kier molecular flexibility index (Phi) is 6.35. The molecule has 0 saturated heterocycles. The highest BCUT2D eigenvalue weighted by Crippen LogP contribution is 2.35. The van der Waals surface area contributed by atoms with Crippen LogP contribution in [-0.2, 0) is 14.3 Å². The molecule has 1 heterocycles. The first-order valence-electron chi connectivity index (χ1n) is 10.5. The number of Topliss-reactive ketones (excluding diaryl/α,β-unsaturated/α-hetero) is 1. The molecule has 0 bridgehead atoms. The molecule has 0 amide bonds. The molecule has 0 aromatic heterocycles. The molecule has 1 saturated carbocycles. The monoisotopic (exact) mass is 438 g/mol. The van der Waals surface area contributed by atoms with Gasteiger partial charge in [0.25, 0.3) is 0 Å². The van der Waals surface area contributed by atoms with Gasteiger partial charge in [0.15, 0.2) is 0 Å². The summed E-state index contributed by atoms with van der Waals surface area (Å²) >= 11 is 0. The van der Waals surface area contributed by atoms with Gasteiger partial charge in [-0.1, -0.05) is 17.7 Å². The van der Waals surface area contributed by atoms with Crippen LogP contribution in [0, 0.1) is 12.8 Å². The molecule has 2 aliphatic rings. The van der Waals surface area contributed by atoms with Crippen LogP contribution in [0.2, 0.25) is 0 Å². The van der Waals surface area contributed by atoms with Crippen molar-refractivity contribution in [2.75, 3.05) is 14.2 Å². The highest BCUT2D eigenvalue weighted by Gasteiger charge is 2.42. The van der Waals surface area contributed by atoms with E-state index in [0.717, 1.165) is 5.56 Å². The van der Waals surface area contributed by atoms with Crippen LogP contribution in [0.15, 0.2) is 54.5 Å². The van der Waals surface area contributed by atoms with E-state index in [1.807, 2.05) is 31.2 Å². The molecule has 1 fully saturated rings. The number of aryl methyl sites for hydroxylation is 1. The number of benzene rings is 2. The van der Waals surface area contributed by atoms with Gasteiger partial charge in [0.1, 0.15) is 35.7 Å². The Hall–Kier alpha value is -3.48. The summed E-state index contributed by atoms with van der Waals surface area (Å²) < 4.78 is 27.7. The van der Waals surface area contributed by atoms with E-state index in [9.17, 15) is 9.59 Å². The van der Waals surface area contributed by atoms with Crippen molar-refractivity contribution in [3.63, 3.8) is 0 Å². The normalized spacial score (nSPS) is 22.2. The summed E-state index contributed by atoms with van der Waals surface area (Å²) in [6, 6.07) is 12.4. The number of rotatable bonds is 6. The van der Waals surface area contributed by atoms with Crippen LogP contribution < -0.4 is 14.2 Å². The first-order valence-corrected chi connectivity index (χ1v) is 10.5. The lowest BCUT2D eigenvalue weighted by atomic mass is 9.80. The fourth-order valence-electron chi connectivity index (χ4n) is 3.99. The quantitative estimate of drug-likeness (QED) is 0.625. The third-order valence-corrected chi connectivity index (χ3v) is 5.78. The topological polar surface area (TPSA) is 80.3 Å². The maximum Gasteiger partial charge on any atom is 0.338 e. The minimum Gasteiger partial charge on any atom is -0.497 e. The van der Waals surface area contributed by atoms with Crippen molar-refractivity contribution in [1.82, 2.24) is 0 Å². The molecular weight excluding hydrogens is 412 g/mol. The molecule has 3 atom stereocenters. The van der Waals surface area contributed by atoms with Crippen LogP contribution in [0.1, 0.15) is 35.2 Å². The molecule has 2 aromatic rings. The van der Waals surface area contributed by atoms with Crippen molar-refractivity contribution < 1.29 is 33.3 Å². The maximum atomic E-state index is 12.9. The number of carbonyl (C=O) groups excluding carboxylic acids is 2. The van der Waals surface area contributed by atoms with E-state index in [2.05, 4.69) is 0 Å². The number of hydrogen-bond acceptors (Lipinski definition) is 7. The Morgan fingerprint density at radius 1 is 0.969 bits per heavy atom. The average molecular weight is 438 g/mol. The predicted molar refractivity (Wildman–Crippen MR) is 116 cm³/mol.